The summed E-state index contributed by atoms with van der Waals surface area (Å²) < 4.78 is 0. The van der Waals surface area contributed by atoms with E-state index in [4.69, 9.17) is 0 Å². The highest BCUT2D eigenvalue weighted by Gasteiger charge is 2.15. The van der Waals surface area contributed by atoms with Crippen LogP contribution in [0.4, 0.5) is 11.4 Å². The van der Waals surface area contributed by atoms with Crippen molar-refractivity contribution >= 4 is 11.4 Å². The monoisotopic (exact) mass is 281 g/mol. The lowest BCUT2D eigenvalue weighted by atomic mass is 9.86. The molecule has 0 amide bonds. The van der Waals surface area contributed by atoms with Crippen LogP contribution in [0.15, 0.2) is 30.3 Å². The maximum Gasteiger partial charge on any atom is 0.0416 e. The van der Waals surface area contributed by atoms with Gasteiger partial charge >= 0.3 is 0 Å². The van der Waals surface area contributed by atoms with E-state index in [-0.39, 0.29) is 5.41 Å². The van der Waals surface area contributed by atoms with Crippen LogP contribution in [0, 0.1) is 27.7 Å². The van der Waals surface area contributed by atoms with Gasteiger partial charge in [0.2, 0.25) is 0 Å². The zero-order valence-corrected chi connectivity index (χ0v) is 14.4. The minimum absolute atomic E-state index is 0.169. The first-order valence-corrected chi connectivity index (χ1v) is 7.64. The third kappa shape index (κ3) is 3.47. The molecule has 0 atom stereocenters. The SMILES string of the molecule is Cc1cc(C)c(Nc2cc(C(C)(C)C)ccc2C)cc1C. The van der Waals surface area contributed by atoms with Gasteiger partial charge in [-0.05, 0) is 73.1 Å². The predicted octanol–water partition coefficient (Wildman–Crippen LogP) is 5.96. The molecule has 0 saturated carbocycles. The molecule has 1 nitrogen and oxygen atoms in total. The highest BCUT2D eigenvalue weighted by atomic mass is 14.9. The second-order valence-electron chi connectivity index (χ2n) is 7.16. The van der Waals surface area contributed by atoms with Crippen molar-refractivity contribution in [3.63, 3.8) is 0 Å². The Labute approximate surface area is 129 Å². The molecule has 0 aliphatic rings. The summed E-state index contributed by atoms with van der Waals surface area (Å²) in [6.07, 6.45) is 0. The van der Waals surface area contributed by atoms with Crippen LogP contribution in [0.1, 0.15) is 48.6 Å². The molecule has 0 aliphatic carbocycles. The van der Waals surface area contributed by atoms with Crippen LogP contribution in [0.5, 0.6) is 0 Å². The lowest BCUT2D eigenvalue weighted by molar-refractivity contribution is 0.590. The van der Waals surface area contributed by atoms with E-state index >= 15 is 0 Å². The summed E-state index contributed by atoms with van der Waals surface area (Å²) in [5, 5.41) is 3.62. The van der Waals surface area contributed by atoms with Gasteiger partial charge in [-0.15, -0.1) is 0 Å². The van der Waals surface area contributed by atoms with Gasteiger partial charge in [-0.25, -0.2) is 0 Å². The second-order valence-corrected chi connectivity index (χ2v) is 7.16. The van der Waals surface area contributed by atoms with Crippen molar-refractivity contribution in [2.24, 2.45) is 0 Å². The van der Waals surface area contributed by atoms with Gasteiger partial charge < -0.3 is 5.32 Å². The summed E-state index contributed by atoms with van der Waals surface area (Å²) in [4.78, 5) is 0. The lowest BCUT2D eigenvalue weighted by Crippen LogP contribution is -2.11. The van der Waals surface area contributed by atoms with Crippen molar-refractivity contribution < 1.29 is 0 Å². The minimum atomic E-state index is 0.169. The molecule has 0 aromatic heterocycles. The Kier molecular flexibility index (Phi) is 4.13. The number of hydrogen-bond acceptors (Lipinski definition) is 1. The van der Waals surface area contributed by atoms with Crippen LogP contribution in [0.2, 0.25) is 0 Å². The van der Waals surface area contributed by atoms with Crippen LogP contribution in [-0.4, -0.2) is 0 Å². The molecule has 1 N–H and O–H groups in total. The minimum Gasteiger partial charge on any atom is -0.355 e. The van der Waals surface area contributed by atoms with E-state index in [0.29, 0.717) is 0 Å². The Hall–Kier alpha value is -1.76. The Morgan fingerprint density at radius 2 is 1.24 bits per heavy atom. The summed E-state index contributed by atoms with van der Waals surface area (Å²) >= 11 is 0. The number of aryl methyl sites for hydroxylation is 4. The molecule has 112 valence electrons. The molecular weight excluding hydrogens is 254 g/mol. The molecule has 0 fully saturated rings. The third-order valence-corrected chi connectivity index (χ3v) is 4.21. The van der Waals surface area contributed by atoms with E-state index in [0.717, 1.165) is 0 Å². The molecule has 0 spiro atoms. The van der Waals surface area contributed by atoms with Gasteiger partial charge in [0.05, 0.1) is 0 Å². The Morgan fingerprint density at radius 1 is 0.667 bits per heavy atom. The van der Waals surface area contributed by atoms with E-state index in [1.54, 1.807) is 0 Å². The fourth-order valence-corrected chi connectivity index (χ4v) is 2.46. The van der Waals surface area contributed by atoms with Crippen LogP contribution >= 0.6 is 0 Å². The summed E-state index contributed by atoms with van der Waals surface area (Å²) in [6.45, 7) is 15.4. The van der Waals surface area contributed by atoms with E-state index in [2.05, 4.69) is 84.1 Å². The largest absolute Gasteiger partial charge is 0.355 e. The third-order valence-electron chi connectivity index (χ3n) is 4.21. The smallest absolute Gasteiger partial charge is 0.0416 e. The fraction of sp³-hybridized carbons (Fsp3) is 0.400. The summed E-state index contributed by atoms with van der Waals surface area (Å²) in [5.74, 6) is 0. The molecule has 0 saturated heterocycles. The standard InChI is InChI=1S/C20H27N/c1-13-8-9-17(20(5,6)7)12-19(13)21-18-11-15(3)14(2)10-16(18)4/h8-12,21H,1-7H3. The van der Waals surface area contributed by atoms with Crippen LogP contribution in [0.25, 0.3) is 0 Å². The first-order valence-electron chi connectivity index (χ1n) is 7.64. The maximum atomic E-state index is 3.62. The van der Waals surface area contributed by atoms with Gasteiger partial charge in [0.25, 0.3) is 0 Å². The topological polar surface area (TPSA) is 12.0 Å². The summed E-state index contributed by atoms with van der Waals surface area (Å²) in [7, 11) is 0. The quantitative estimate of drug-likeness (QED) is 0.716. The molecule has 0 aliphatic heterocycles. The van der Waals surface area contributed by atoms with Gasteiger partial charge in [0.1, 0.15) is 0 Å². The molecule has 0 unspecified atom stereocenters. The first kappa shape index (κ1) is 15.6. The maximum absolute atomic E-state index is 3.62. The molecular formula is C20H27N. The number of rotatable bonds is 2. The first-order chi connectivity index (χ1) is 9.68. The van der Waals surface area contributed by atoms with Crippen LogP contribution < -0.4 is 5.32 Å². The molecule has 2 rings (SSSR count). The van der Waals surface area contributed by atoms with Gasteiger partial charge in [0, 0.05) is 11.4 Å². The van der Waals surface area contributed by atoms with Crippen molar-refractivity contribution in [2.75, 3.05) is 5.32 Å². The molecule has 2 aromatic carbocycles. The van der Waals surface area contributed by atoms with Gasteiger partial charge in [0.15, 0.2) is 0 Å². The normalized spacial score (nSPS) is 11.6. The Morgan fingerprint density at radius 3 is 1.86 bits per heavy atom. The van der Waals surface area contributed by atoms with E-state index in [9.17, 15) is 0 Å². The summed E-state index contributed by atoms with van der Waals surface area (Å²) in [6, 6.07) is 11.2. The van der Waals surface area contributed by atoms with Gasteiger partial charge in [-0.1, -0.05) is 39.0 Å². The summed E-state index contributed by atoms with van der Waals surface area (Å²) in [5.41, 5.74) is 9.17. The molecule has 2 aromatic rings. The molecule has 0 radical (unpaired) electrons. The average molecular weight is 281 g/mol. The lowest BCUT2D eigenvalue weighted by Gasteiger charge is -2.22. The molecule has 0 heterocycles. The van der Waals surface area contributed by atoms with Gasteiger partial charge in [-0.2, -0.15) is 0 Å². The zero-order valence-electron chi connectivity index (χ0n) is 14.4. The Balaban J connectivity index is 2.42. The fourth-order valence-electron chi connectivity index (χ4n) is 2.46. The molecule has 1 heteroatoms. The van der Waals surface area contributed by atoms with Crippen molar-refractivity contribution in [1.82, 2.24) is 0 Å². The van der Waals surface area contributed by atoms with Crippen LogP contribution in [0.3, 0.4) is 0 Å². The van der Waals surface area contributed by atoms with Crippen molar-refractivity contribution in [3.05, 3.63) is 58.1 Å². The molecule has 0 bridgehead atoms. The number of hydrogen-bond donors (Lipinski definition) is 1. The predicted molar refractivity (Wildman–Crippen MR) is 93.8 cm³/mol. The molecule has 21 heavy (non-hydrogen) atoms. The highest BCUT2D eigenvalue weighted by molar-refractivity contribution is 5.68. The van der Waals surface area contributed by atoms with Gasteiger partial charge in [-0.3, -0.25) is 0 Å². The van der Waals surface area contributed by atoms with E-state index in [1.165, 1.54) is 39.2 Å². The van der Waals surface area contributed by atoms with Crippen LogP contribution in [-0.2, 0) is 5.41 Å². The Bertz CT molecular complexity index is 660. The van der Waals surface area contributed by atoms with Crippen molar-refractivity contribution in [2.45, 2.75) is 53.9 Å². The van der Waals surface area contributed by atoms with Crippen molar-refractivity contribution in [3.8, 4) is 0 Å². The van der Waals surface area contributed by atoms with E-state index < -0.39 is 0 Å². The second kappa shape index (κ2) is 5.55. The number of nitrogens with one attached hydrogen (secondary N) is 1. The average Bonchev–Trinajstić information content (AvgIpc) is 2.37. The van der Waals surface area contributed by atoms with Crippen molar-refractivity contribution in [1.29, 1.82) is 0 Å². The highest BCUT2D eigenvalue weighted by Crippen LogP contribution is 2.30. The van der Waals surface area contributed by atoms with E-state index in [1.807, 2.05) is 0 Å². The zero-order chi connectivity index (χ0) is 15.8. The number of anilines is 2. The number of benzene rings is 2.